The lowest BCUT2D eigenvalue weighted by atomic mass is 9.92. The van der Waals surface area contributed by atoms with Crippen molar-refractivity contribution in [3.8, 4) is 6.07 Å². The molecule has 3 unspecified atom stereocenters. The minimum atomic E-state index is -0.526. The predicted molar refractivity (Wildman–Crippen MR) is 128 cm³/mol. The zero-order valence-corrected chi connectivity index (χ0v) is 19.6. The third-order valence-electron chi connectivity index (χ3n) is 7.79. The standard InChI is InChI=1S/C26H28ClFN4O2/c27-22-13-19(4-5-23(22)28)30-25(34)32(11-10-31-9-7-20(33)16-31)24-6-8-26(14-21(24)26)18-3-1-2-17(12-18)15-29/h1-5,12-13,20-21,24,33H,6-11,14,16H2,(H,30,34)/t20-,21?,24?,26?/m1/s1. The number of β-amino-alcohol motifs (C(OH)–C–C–N with tert-alkyl or cyclic N) is 1. The van der Waals surface area contributed by atoms with Gasteiger partial charge in [-0.3, -0.25) is 4.90 Å². The number of carbonyl (C=O) groups excluding carboxylic acids is 1. The second-order valence-electron chi connectivity index (χ2n) is 9.76. The van der Waals surface area contributed by atoms with Gasteiger partial charge in [-0.15, -0.1) is 0 Å². The van der Waals surface area contributed by atoms with Crippen molar-refractivity contribution < 1.29 is 14.3 Å². The Morgan fingerprint density at radius 3 is 2.88 bits per heavy atom. The molecular formula is C26H28ClFN4O2. The van der Waals surface area contributed by atoms with Gasteiger partial charge in [0.05, 0.1) is 22.8 Å². The molecule has 3 fully saturated rings. The fraction of sp³-hybridized carbons (Fsp3) is 0.462. The molecule has 2 N–H and O–H groups in total. The van der Waals surface area contributed by atoms with Gasteiger partial charge in [-0.05, 0) is 67.5 Å². The van der Waals surface area contributed by atoms with Gasteiger partial charge in [-0.25, -0.2) is 9.18 Å². The molecular weight excluding hydrogens is 455 g/mol. The SMILES string of the molecule is N#Cc1cccc(C23CCC(N(CCN4CC[C@@H](O)C4)C(=O)Nc4ccc(F)c(Cl)c4)C2C3)c1. The number of hydrogen-bond donors (Lipinski definition) is 2. The van der Waals surface area contributed by atoms with Crippen molar-refractivity contribution in [2.45, 2.75) is 43.2 Å². The summed E-state index contributed by atoms with van der Waals surface area (Å²) in [5.74, 6) is -0.185. The molecule has 1 aliphatic heterocycles. The lowest BCUT2D eigenvalue weighted by Crippen LogP contribution is -2.47. The normalized spacial score (nSPS) is 27.8. The first-order chi connectivity index (χ1) is 16.4. The van der Waals surface area contributed by atoms with Gasteiger partial charge < -0.3 is 15.3 Å². The smallest absolute Gasteiger partial charge is 0.322 e. The van der Waals surface area contributed by atoms with E-state index in [0.717, 1.165) is 32.2 Å². The van der Waals surface area contributed by atoms with Crippen LogP contribution in [-0.4, -0.2) is 59.3 Å². The van der Waals surface area contributed by atoms with Crippen LogP contribution in [0.2, 0.25) is 5.02 Å². The lowest BCUT2D eigenvalue weighted by molar-refractivity contribution is 0.154. The Kier molecular flexibility index (Phi) is 6.24. The second-order valence-corrected chi connectivity index (χ2v) is 10.2. The van der Waals surface area contributed by atoms with E-state index in [1.807, 2.05) is 23.1 Å². The van der Waals surface area contributed by atoms with E-state index in [2.05, 4.69) is 22.4 Å². The highest BCUT2D eigenvalue weighted by atomic mass is 35.5. The van der Waals surface area contributed by atoms with Gasteiger partial charge >= 0.3 is 6.03 Å². The Morgan fingerprint density at radius 1 is 1.32 bits per heavy atom. The number of halogens is 2. The molecule has 5 rings (SSSR count). The Morgan fingerprint density at radius 2 is 2.18 bits per heavy atom. The highest BCUT2D eigenvalue weighted by Crippen LogP contribution is 2.65. The molecule has 8 heteroatoms. The summed E-state index contributed by atoms with van der Waals surface area (Å²) in [6.45, 7) is 2.68. The molecule has 2 aromatic rings. The van der Waals surface area contributed by atoms with E-state index < -0.39 is 5.82 Å². The van der Waals surface area contributed by atoms with Crippen molar-refractivity contribution in [1.29, 1.82) is 5.26 Å². The van der Waals surface area contributed by atoms with E-state index in [9.17, 15) is 19.6 Å². The maximum absolute atomic E-state index is 13.6. The number of nitrogens with zero attached hydrogens (tertiary/aromatic N) is 3. The molecule has 2 aliphatic carbocycles. The molecule has 2 amide bonds. The molecule has 2 aromatic carbocycles. The molecule has 6 nitrogen and oxygen atoms in total. The van der Waals surface area contributed by atoms with Crippen LogP contribution >= 0.6 is 11.6 Å². The molecule has 3 aliphatic rings. The lowest BCUT2D eigenvalue weighted by Gasteiger charge is -2.32. The van der Waals surface area contributed by atoms with Gasteiger partial charge in [0.15, 0.2) is 0 Å². The summed E-state index contributed by atoms with van der Waals surface area (Å²) in [6.07, 6.45) is 3.32. The minimum absolute atomic E-state index is 0.0269. The second kappa shape index (κ2) is 9.18. The number of anilines is 1. The summed E-state index contributed by atoms with van der Waals surface area (Å²) in [4.78, 5) is 17.5. The fourth-order valence-corrected chi connectivity index (χ4v) is 6.11. The van der Waals surface area contributed by atoms with Crippen molar-refractivity contribution in [3.05, 3.63) is 64.4 Å². The van der Waals surface area contributed by atoms with Gasteiger partial charge in [0.2, 0.25) is 0 Å². The van der Waals surface area contributed by atoms with Gasteiger partial charge in [0.1, 0.15) is 5.82 Å². The van der Waals surface area contributed by atoms with Crippen LogP contribution in [0.15, 0.2) is 42.5 Å². The Balaban J connectivity index is 1.34. The van der Waals surface area contributed by atoms with Gasteiger partial charge in [-0.2, -0.15) is 5.26 Å². The summed E-state index contributed by atoms with van der Waals surface area (Å²) < 4.78 is 13.6. The van der Waals surface area contributed by atoms with E-state index in [4.69, 9.17) is 11.6 Å². The number of carbonyl (C=O) groups is 1. The van der Waals surface area contributed by atoms with Crippen LogP contribution in [0.5, 0.6) is 0 Å². The quantitative estimate of drug-likeness (QED) is 0.640. The first-order valence-electron chi connectivity index (χ1n) is 11.8. The van der Waals surface area contributed by atoms with Gasteiger partial charge in [-0.1, -0.05) is 23.7 Å². The number of amides is 2. The van der Waals surface area contributed by atoms with E-state index in [-0.39, 0.29) is 28.6 Å². The monoisotopic (exact) mass is 482 g/mol. The van der Waals surface area contributed by atoms with Crippen molar-refractivity contribution in [1.82, 2.24) is 9.80 Å². The number of urea groups is 1. The minimum Gasteiger partial charge on any atom is -0.392 e. The maximum Gasteiger partial charge on any atom is 0.322 e. The number of aliphatic hydroxyl groups is 1. The molecule has 4 atom stereocenters. The van der Waals surface area contributed by atoms with E-state index in [1.165, 1.54) is 23.8 Å². The van der Waals surface area contributed by atoms with Crippen molar-refractivity contribution >= 4 is 23.3 Å². The van der Waals surface area contributed by atoms with Crippen LogP contribution in [0.3, 0.4) is 0 Å². The molecule has 1 saturated heterocycles. The fourth-order valence-electron chi connectivity index (χ4n) is 5.93. The Hall–Kier alpha value is -2.66. The summed E-state index contributed by atoms with van der Waals surface area (Å²) in [5, 5.41) is 22.1. The Labute approximate surface area is 203 Å². The van der Waals surface area contributed by atoms with Crippen molar-refractivity contribution in [2.24, 2.45) is 5.92 Å². The summed E-state index contributed by atoms with van der Waals surface area (Å²) >= 11 is 5.91. The van der Waals surface area contributed by atoms with Crippen molar-refractivity contribution in [2.75, 3.05) is 31.5 Å². The number of nitriles is 1. The predicted octanol–water partition coefficient (Wildman–Crippen LogP) is 4.37. The number of fused-ring (bicyclic) bond motifs is 1. The molecule has 0 aromatic heterocycles. The topological polar surface area (TPSA) is 79.6 Å². The molecule has 34 heavy (non-hydrogen) atoms. The average molecular weight is 483 g/mol. The Bertz CT molecular complexity index is 1140. The summed E-state index contributed by atoms with van der Waals surface area (Å²) in [6, 6.07) is 14.1. The number of aliphatic hydroxyl groups excluding tert-OH is 1. The maximum atomic E-state index is 13.6. The number of hydrogen-bond acceptors (Lipinski definition) is 4. The first kappa shape index (κ1) is 23.1. The molecule has 1 heterocycles. The van der Waals surface area contributed by atoms with Gasteiger partial charge in [0, 0.05) is 43.3 Å². The third-order valence-corrected chi connectivity index (χ3v) is 8.08. The third kappa shape index (κ3) is 4.38. The largest absolute Gasteiger partial charge is 0.392 e. The molecule has 0 bridgehead atoms. The van der Waals surface area contributed by atoms with Crippen molar-refractivity contribution in [3.63, 3.8) is 0 Å². The number of nitrogens with one attached hydrogen (secondary N) is 1. The molecule has 0 radical (unpaired) electrons. The zero-order chi connectivity index (χ0) is 23.9. The number of benzene rings is 2. The first-order valence-corrected chi connectivity index (χ1v) is 12.2. The zero-order valence-electron chi connectivity index (χ0n) is 18.9. The average Bonchev–Trinajstić information content (AvgIpc) is 3.24. The molecule has 0 spiro atoms. The number of likely N-dealkylation sites (tertiary alicyclic amines) is 1. The van der Waals surface area contributed by atoms with E-state index in [0.29, 0.717) is 36.8 Å². The van der Waals surface area contributed by atoms with Crippen LogP contribution in [-0.2, 0) is 5.41 Å². The molecule has 2 saturated carbocycles. The summed E-state index contributed by atoms with van der Waals surface area (Å²) in [5.41, 5.74) is 2.34. The highest BCUT2D eigenvalue weighted by molar-refractivity contribution is 6.31. The van der Waals surface area contributed by atoms with Crippen LogP contribution in [0.25, 0.3) is 0 Å². The van der Waals surface area contributed by atoms with Gasteiger partial charge in [0.25, 0.3) is 0 Å². The van der Waals surface area contributed by atoms with E-state index in [1.54, 1.807) is 0 Å². The van der Waals surface area contributed by atoms with Crippen LogP contribution in [0.4, 0.5) is 14.9 Å². The van der Waals surface area contributed by atoms with E-state index >= 15 is 0 Å². The summed E-state index contributed by atoms with van der Waals surface area (Å²) in [7, 11) is 0. The number of rotatable bonds is 6. The van der Waals surface area contributed by atoms with Crippen LogP contribution < -0.4 is 5.32 Å². The van der Waals surface area contributed by atoms with Crippen LogP contribution in [0, 0.1) is 23.1 Å². The van der Waals surface area contributed by atoms with Crippen LogP contribution in [0.1, 0.15) is 36.8 Å². The highest BCUT2D eigenvalue weighted by Gasteiger charge is 2.64. The molecule has 178 valence electrons.